The average molecular weight is 191 g/mol. The Balaban J connectivity index is 0.000001000. The Kier molecular flexibility index (Phi) is 4.55. The normalized spacial score (nSPS) is 9.45. The van der Waals surface area contributed by atoms with Crippen LogP contribution in [-0.2, 0) is 0 Å². The summed E-state index contributed by atoms with van der Waals surface area (Å²) < 4.78 is 0. The van der Waals surface area contributed by atoms with E-state index in [1.807, 2.05) is 12.1 Å². The van der Waals surface area contributed by atoms with E-state index in [4.69, 9.17) is 11.6 Å². The second kappa shape index (κ2) is 4.63. The predicted octanol–water partition coefficient (Wildman–Crippen LogP) is 3.89. The second-order valence-corrected chi connectivity index (χ2v) is 3.14. The summed E-state index contributed by atoms with van der Waals surface area (Å²) in [5, 5.41) is 0.810. The van der Waals surface area contributed by atoms with E-state index in [0.717, 1.165) is 5.02 Å². The van der Waals surface area contributed by atoms with Crippen LogP contribution in [0.15, 0.2) is 24.3 Å². The fourth-order valence-corrected chi connectivity index (χ4v) is 0.974. The van der Waals surface area contributed by atoms with Gasteiger partial charge in [-0.3, -0.25) is 0 Å². The van der Waals surface area contributed by atoms with Crippen molar-refractivity contribution >= 4 is 24.0 Å². The summed E-state index contributed by atoms with van der Waals surface area (Å²) in [7, 11) is 0. The van der Waals surface area contributed by atoms with Crippen molar-refractivity contribution in [2.75, 3.05) is 0 Å². The standard InChI is InChI=1S/C9H11Cl.ClH/c1-7(2)8-3-5-9(10)6-4-8;/h3-7H,1-2H3;1H. The molecular formula is C9H12Cl2. The molecule has 0 amide bonds. The lowest BCUT2D eigenvalue weighted by atomic mass is 10.0. The van der Waals surface area contributed by atoms with Gasteiger partial charge in [0.1, 0.15) is 0 Å². The predicted molar refractivity (Wildman–Crippen MR) is 52.8 cm³/mol. The van der Waals surface area contributed by atoms with Crippen molar-refractivity contribution in [3.63, 3.8) is 0 Å². The Hall–Kier alpha value is -0.200. The van der Waals surface area contributed by atoms with Crippen molar-refractivity contribution in [3.05, 3.63) is 34.9 Å². The van der Waals surface area contributed by atoms with Gasteiger partial charge in [0.05, 0.1) is 0 Å². The number of halogens is 2. The number of rotatable bonds is 1. The topological polar surface area (TPSA) is 0 Å². The van der Waals surface area contributed by atoms with Gasteiger partial charge in [0.25, 0.3) is 0 Å². The maximum absolute atomic E-state index is 5.72. The van der Waals surface area contributed by atoms with Crippen LogP contribution >= 0.6 is 24.0 Å². The third kappa shape index (κ3) is 3.13. The third-order valence-corrected chi connectivity index (χ3v) is 1.79. The summed E-state index contributed by atoms with van der Waals surface area (Å²) >= 11 is 5.72. The van der Waals surface area contributed by atoms with Crippen LogP contribution < -0.4 is 0 Å². The summed E-state index contributed by atoms with van der Waals surface area (Å²) in [6.07, 6.45) is 0. The summed E-state index contributed by atoms with van der Waals surface area (Å²) in [5.41, 5.74) is 1.34. The van der Waals surface area contributed by atoms with Crippen molar-refractivity contribution in [3.8, 4) is 0 Å². The molecule has 11 heavy (non-hydrogen) atoms. The molecule has 1 rings (SSSR count). The fraction of sp³-hybridized carbons (Fsp3) is 0.333. The van der Waals surface area contributed by atoms with Gasteiger partial charge in [-0.1, -0.05) is 37.6 Å². The number of hydrogen-bond acceptors (Lipinski definition) is 0. The molecule has 0 heterocycles. The Morgan fingerprint density at radius 3 is 1.91 bits per heavy atom. The molecule has 0 fully saturated rings. The highest BCUT2D eigenvalue weighted by Crippen LogP contribution is 2.16. The molecule has 0 unspecified atom stereocenters. The average Bonchev–Trinajstić information content (AvgIpc) is 1.88. The molecule has 0 bridgehead atoms. The summed E-state index contributed by atoms with van der Waals surface area (Å²) in [6.45, 7) is 4.34. The van der Waals surface area contributed by atoms with E-state index in [-0.39, 0.29) is 12.4 Å². The van der Waals surface area contributed by atoms with Gasteiger partial charge in [-0.05, 0) is 23.6 Å². The Morgan fingerprint density at radius 1 is 1.09 bits per heavy atom. The van der Waals surface area contributed by atoms with Crippen molar-refractivity contribution in [2.45, 2.75) is 19.8 Å². The van der Waals surface area contributed by atoms with Crippen LogP contribution in [0.5, 0.6) is 0 Å². The minimum atomic E-state index is 0. The highest BCUT2D eigenvalue weighted by Gasteiger charge is 1.96. The van der Waals surface area contributed by atoms with Crippen LogP contribution in [0.25, 0.3) is 0 Å². The number of hydrogen-bond donors (Lipinski definition) is 0. The molecule has 0 saturated heterocycles. The van der Waals surface area contributed by atoms with Gasteiger partial charge in [-0.15, -0.1) is 12.4 Å². The molecule has 0 atom stereocenters. The van der Waals surface area contributed by atoms with Gasteiger partial charge in [-0.25, -0.2) is 0 Å². The monoisotopic (exact) mass is 190 g/mol. The van der Waals surface area contributed by atoms with Crippen LogP contribution in [0.4, 0.5) is 0 Å². The van der Waals surface area contributed by atoms with Crippen molar-refractivity contribution in [2.24, 2.45) is 0 Å². The lowest BCUT2D eigenvalue weighted by molar-refractivity contribution is 0.867. The first-order valence-corrected chi connectivity index (χ1v) is 3.83. The molecule has 0 N–H and O–H groups in total. The molecule has 0 aliphatic rings. The van der Waals surface area contributed by atoms with Crippen molar-refractivity contribution in [1.29, 1.82) is 0 Å². The van der Waals surface area contributed by atoms with E-state index >= 15 is 0 Å². The first-order valence-electron chi connectivity index (χ1n) is 3.45. The lowest BCUT2D eigenvalue weighted by Crippen LogP contribution is -1.84. The first-order chi connectivity index (χ1) is 4.70. The van der Waals surface area contributed by atoms with Gasteiger partial charge in [0.15, 0.2) is 0 Å². The molecule has 62 valence electrons. The SMILES string of the molecule is CC(C)c1ccc(Cl)cc1.Cl. The van der Waals surface area contributed by atoms with E-state index in [2.05, 4.69) is 26.0 Å². The van der Waals surface area contributed by atoms with Crippen LogP contribution in [0, 0.1) is 0 Å². The zero-order valence-electron chi connectivity index (χ0n) is 6.67. The molecule has 0 radical (unpaired) electrons. The van der Waals surface area contributed by atoms with Gasteiger partial charge >= 0.3 is 0 Å². The summed E-state index contributed by atoms with van der Waals surface area (Å²) in [4.78, 5) is 0. The van der Waals surface area contributed by atoms with Gasteiger partial charge in [0, 0.05) is 5.02 Å². The molecule has 0 aromatic heterocycles. The van der Waals surface area contributed by atoms with E-state index in [1.54, 1.807) is 0 Å². The smallest absolute Gasteiger partial charge is 0.0406 e. The van der Waals surface area contributed by atoms with Crippen LogP contribution in [0.2, 0.25) is 5.02 Å². The van der Waals surface area contributed by atoms with Crippen LogP contribution in [-0.4, -0.2) is 0 Å². The molecule has 0 nitrogen and oxygen atoms in total. The first kappa shape index (κ1) is 10.8. The maximum Gasteiger partial charge on any atom is 0.0406 e. The summed E-state index contributed by atoms with van der Waals surface area (Å²) in [6, 6.07) is 7.98. The molecule has 0 spiro atoms. The van der Waals surface area contributed by atoms with E-state index in [1.165, 1.54) is 5.56 Å². The summed E-state index contributed by atoms with van der Waals surface area (Å²) in [5.74, 6) is 0.595. The van der Waals surface area contributed by atoms with Gasteiger partial charge in [-0.2, -0.15) is 0 Å². The van der Waals surface area contributed by atoms with Crippen LogP contribution in [0.1, 0.15) is 25.3 Å². The lowest BCUT2D eigenvalue weighted by Gasteiger charge is -2.03. The number of benzene rings is 1. The zero-order valence-corrected chi connectivity index (χ0v) is 8.25. The molecule has 1 aromatic rings. The highest BCUT2D eigenvalue weighted by atomic mass is 35.5. The molecule has 2 heteroatoms. The minimum Gasteiger partial charge on any atom is -0.147 e. The van der Waals surface area contributed by atoms with Crippen molar-refractivity contribution in [1.82, 2.24) is 0 Å². The molecular weight excluding hydrogens is 179 g/mol. The second-order valence-electron chi connectivity index (χ2n) is 2.71. The van der Waals surface area contributed by atoms with Gasteiger partial charge < -0.3 is 0 Å². The Morgan fingerprint density at radius 2 is 1.55 bits per heavy atom. The Labute approximate surface area is 79.0 Å². The quantitative estimate of drug-likeness (QED) is 0.631. The maximum atomic E-state index is 5.72. The third-order valence-electron chi connectivity index (χ3n) is 1.54. The van der Waals surface area contributed by atoms with Crippen LogP contribution in [0.3, 0.4) is 0 Å². The minimum absolute atomic E-state index is 0. The zero-order chi connectivity index (χ0) is 7.56. The highest BCUT2D eigenvalue weighted by molar-refractivity contribution is 6.30. The molecule has 0 aliphatic carbocycles. The molecule has 1 aromatic carbocycles. The van der Waals surface area contributed by atoms with E-state index in [0.29, 0.717) is 5.92 Å². The fourth-order valence-electron chi connectivity index (χ4n) is 0.848. The molecule has 0 aliphatic heterocycles. The van der Waals surface area contributed by atoms with Crippen molar-refractivity contribution < 1.29 is 0 Å². The van der Waals surface area contributed by atoms with E-state index < -0.39 is 0 Å². The van der Waals surface area contributed by atoms with Gasteiger partial charge in [0.2, 0.25) is 0 Å². The van der Waals surface area contributed by atoms with E-state index in [9.17, 15) is 0 Å². The Bertz CT molecular complexity index is 201. The molecule has 0 saturated carbocycles. The largest absolute Gasteiger partial charge is 0.147 e.